The molecular weight excluding hydrogens is 288 g/mol. The molecule has 1 aromatic heterocycles. The molecule has 3 N–H and O–H groups in total. The molecule has 0 aromatic carbocycles. The fourth-order valence-corrected chi connectivity index (χ4v) is 3.98. The molecule has 1 fully saturated rings. The summed E-state index contributed by atoms with van der Waals surface area (Å²) in [6, 6.07) is 0. The highest BCUT2D eigenvalue weighted by Gasteiger charge is 2.29. The largest absolute Gasteiger partial charge is 0.492 e. The number of hydrogen-bond donors (Lipinski definition) is 2. The van der Waals surface area contributed by atoms with Gasteiger partial charge in [0.15, 0.2) is 11.5 Å². The number of aliphatic hydroxyl groups is 1. The first-order chi connectivity index (χ1) is 9.99. The van der Waals surface area contributed by atoms with E-state index in [-0.39, 0.29) is 24.2 Å². The molecule has 1 unspecified atom stereocenters. The zero-order chi connectivity index (χ0) is 15.6. The Balaban J connectivity index is 2.35. The number of methoxy groups -OCH3 is 1. The molecule has 1 aliphatic rings. The average molecular weight is 312 g/mol. The predicted octanol–water partition coefficient (Wildman–Crippen LogP) is 2.39. The van der Waals surface area contributed by atoms with Crippen LogP contribution in [0.5, 0.6) is 5.75 Å². The fourth-order valence-electron chi connectivity index (χ4n) is 2.67. The molecule has 1 atom stereocenters. The van der Waals surface area contributed by atoms with Crippen molar-refractivity contribution >= 4 is 27.8 Å². The number of anilines is 2. The summed E-state index contributed by atoms with van der Waals surface area (Å²) in [5, 5.41) is 10.3. The van der Waals surface area contributed by atoms with Crippen LogP contribution in [0.2, 0.25) is 0 Å². The zero-order valence-corrected chi connectivity index (χ0v) is 13.7. The van der Waals surface area contributed by atoms with Crippen molar-refractivity contribution in [3.05, 3.63) is 4.88 Å². The van der Waals surface area contributed by atoms with Crippen molar-refractivity contribution in [2.24, 2.45) is 11.8 Å². The number of aliphatic hydroxyl groups excluding tert-OH is 1. The van der Waals surface area contributed by atoms with Crippen LogP contribution in [-0.4, -0.2) is 37.7 Å². The third-order valence-corrected chi connectivity index (χ3v) is 5.16. The van der Waals surface area contributed by atoms with E-state index in [9.17, 15) is 9.90 Å². The second-order valence-electron chi connectivity index (χ2n) is 5.84. The molecule has 118 valence electrons. The van der Waals surface area contributed by atoms with E-state index >= 15 is 0 Å². The van der Waals surface area contributed by atoms with Crippen molar-refractivity contribution in [1.29, 1.82) is 0 Å². The van der Waals surface area contributed by atoms with Crippen molar-refractivity contribution in [2.75, 3.05) is 37.4 Å². The van der Waals surface area contributed by atoms with Crippen LogP contribution < -0.4 is 15.4 Å². The Kier molecular flexibility index (Phi) is 5.11. The van der Waals surface area contributed by atoms with Gasteiger partial charge >= 0.3 is 0 Å². The molecule has 2 rings (SSSR count). The lowest BCUT2D eigenvalue weighted by Crippen LogP contribution is -2.36. The second-order valence-corrected chi connectivity index (χ2v) is 6.84. The Morgan fingerprint density at radius 2 is 2.29 bits per heavy atom. The van der Waals surface area contributed by atoms with Crippen molar-refractivity contribution in [2.45, 2.75) is 26.7 Å². The minimum absolute atomic E-state index is 0.0535. The number of hydrogen-bond acceptors (Lipinski definition) is 6. The SMILES string of the molecule is COc1c(N2CCCC(CO)C2)sc(C(=O)C(C)C)c1N. The first-order valence-electron chi connectivity index (χ1n) is 7.35. The Labute approximate surface area is 129 Å². The van der Waals surface area contributed by atoms with Gasteiger partial charge in [0, 0.05) is 25.6 Å². The van der Waals surface area contributed by atoms with Crippen molar-refractivity contribution in [3.63, 3.8) is 0 Å². The summed E-state index contributed by atoms with van der Waals surface area (Å²) in [4.78, 5) is 15.0. The topological polar surface area (TPSA) is 75.8 Å². The van der Waals surface area contributed by atoms with Gasteiger partial charge in [-0.05, 0) is 18.8 Å². The third kappa shape index (κ3) is 3.16. The molecule has 0 spiro atoms. The smallest absolute Gasteiger partial charge is 0.177 e. The summed E-state index contributed by atoms with van der Waals surface area (Å²) in [6.07, 6.45) is 2.06. The van der Waals surface area contributed by atoms with Crippen LogP contribution in [0, 0.1) is 11.8 Å². The Hall–Kier alpha value is -1.27. The summed E-state index contributed by atoms with van der Waals surface area (Å²) >= 11 is 1.41. The lowest BCUT2D eigenvalue weighted by molar-refractivity contribution is 0.0944. The van der Waals surface area contributed by atoms with E-state index in [2.05, 4.69) is 4.90 Å². The molecular formula is C15H24N2O3S. The number of carbonyl (C=O) groups is 1. The van der Waals surface area contributed by atoms with Gasteiger partial charge in [0.25, 0.3) is 0 Å². The van der Waals surface area contributed by atoms with Crippen LogP contribution in [0.4, 0.5) is 10.7 Å². The number of carbonyl (C=O) groups excluding carboxylic acids is 1. The maximum atomic E-state index is 12.3. The molecule has 0 aliphatic carbocycles. The number of Topliss-reactive ketones (excluding diaryl/α,β-unsaturated/α-hetero) is 1. The molecule has 0 bridgehead atoms. The van der Waals surface area contributed by atoms with E-state index in [0.29, 0.717) is 16.3 Å². The van der Waals surface area contributed by atoms with Gasteiger partial charge in [0.2, 0.25) is 0 Å². The molecule has 2 heterocycles. The van der Waals surface area contributed by atoms with Crippen molar-refractivity contribution in [3.8, 4) is 5.75 Å². The van der Waals surface area contributed by atoms with Gasteiger partial charge in [-0.2, -0.15) is 0 Å². The van der Waals surface area contributed by atoms with Crippen LogP contribution in [0.1, 0.15) is 36.4 Å². The van der Waals surface area contributed by atoms with Gasteiger partial charge in [-0.3, -0.25) is 4.79 Å². The third-order valence-electron chi connectivity index (χ3n) is 3.90. The summed E-state index contributed by atoms with van der Waals surface area (Å²) in [5.74, 6) is 0.839. The molecule has 0 amide bonds. The van der Waals surface area contributed by atoms with Crippen molar-refractivity contribution < 1.29 is 14.6 Å². The molecule has 1 saturated heterocycles. The Morgan fingerprint density at radius 1 is 1.57 bits per heavy atom. The van der Waals surface area contributed by atoms with E-state index in [0.717, 1.165) is 30.9 Å². The van der Waals surface area contributed by atoms with E-state index < -0.39 is 0 Å². The molecule has 0 saturated carbocycles. The number of ketones is 1. The highest BCUT2D eigenvalue weighted by atomic mass is 32.1. The van der Waals surface area contributed by atoms with E-state index in [1.54, 1.807) is 7.11 Å². The first kappa shape index (κ1) is 16.1. The van der Waals surface area contributed by atoms with Crippen LogP contribution >= 0.6 is 11.3 Å². The minimum Gasteiger partial charge on any atom is -0.492 e. The normalized spacial score (nSPS) is 19.1. The van der Waals surface area contributed by atoms with Crippen LogP contribution in [0.15, 0.2) is 0 Å². The molecule has 0 radical (unpaired) electrons. The van der Waals surface area contributed by atoms with Gasteiger partial charge in [-0.15, -0.1) is 11.3 Å². The van der Waals surface area contributed by atoms with Crippen LogP contribution in [0.3, 0.4) is 0 Å². The lowest BCUT2D eigenvalue weighted by atomic mass is 9.99. The van der Waals surface area contributed by atoms with Gasteiger partial charge in [-0.1, -0.05) is 13.8 Å². The Bertz CT molecular complexity index is 513. The molecule has 6 heteroatoms. The number of nitrogen functional groups attached to an aromatic ring is 1. The second kappa shape index (κ2) is 6.66. The zero-order valence-electron chi connectivity index (χ0n) is 12.9. The van der Waals surface area contributed by atoms with Gasteiger partial charge in [0.05, 0.1) is 17.7 Å². The summed E-state index contributed by atoms with van der Waals surface area (Å²) in [7, 11) is 1.58. The summed E-state index contributed by atoms with van der Waals surface area (Å²) in [6.45, 7) is 5.62. The maximum absolute atomic E-state index is 12.3. The highest BCUT2D eigenvalue weighted by Crippen LogP contribution is 2.46. The number of ether oxygens (including phenoxy) is 1. The minimum atomic E-state index is -0.0879. The molecule has 21 heavy (non-hydrogen) atoms. The molecule has 1 aliphatic heterocycles. The van der Waals surface area contributed by atoms with Crippen molar-refractivity contribution in [1.82, 2.24) is 0 Å². The highest BCUT2D eigenvalue weighted by molar-refractivity contribution is 7.19. The van der Waals surface area contributed by atoms with E-state index in [1.165, 1.54) is 11.3 Å². The molecule has 1 aromatic rings. The predicted molar refractivity (Wildman–Crippen MR) is 86.5 cm³/mol. The maximum Gasteiger partial charge on any atom is 0.177 e. The van der Waals surface area contributed by atoms with Gasteiger partial charge in [-0.25, -0.2) is 0 Å². The first-order valence-corrected chi connectivity index (χ1v) is 8.17. The Morgan fingerprint density at radius 3 is 2.86 bits per heavy atom. The number of thiophene rings is 1. The van der Waals surface area contributed by atoms with Gasteiger partial charge < -0.3 is 20.5 Å². The monoisotopic (exact) mass is 312 g/mol. The van der Waals surface area contributed by atoms with Crippen LogP contribution in [-0.2, 0) is 0 Å². The fraction of sp³-hybridized carbons (Fsp3) is 0.667. The van der Waals surface area contributed by atoms with E-state index in [4.69, 9.17) is 10.5 Å². The van der Waals surface area contributed by atoms with Crippen LogP contribution in [0.25, 0.3) is 0 Å². The number of nitrogens with two attached hydrogens (primary N) is 1. The molecule has 5 nitrogen and oxygen atoms in total. The lowest BCUT2D eigenvalue weighted by Gasteiger charge is -2.32. The summed E-state index contributed by atoms with van der Waals surface area (Å²) < 4.78 is 5.44. The summed E-state index contributed by atoms with van der Waals surface area (Å²) in [5.41, 5.74) is 6.56. The van der Waals surface area contributed by atoms with E-state index in [1.807, 2.05) is 13.8 Å². The number of rotatable bonds is 5. The average Bonchev–Trinajstić information content (AvgIpc) is 2.83. The van der Waals surface area contributed by atoms with Gasteiger partial charge in [0.1, 0.15) is 5.00 Å². The quantitative estimate of drug-likeness (QED) is 0.817. The number of nitrogens with zero attached hydrogens (tertiary/aromatic N) is 1. The number of piperidine rings is 1. The standard InChI is InChI=1S/C15H24N2O3S/c1-9(2)12(19)14-11(16)13(20-3)15(21-14)17-6-4-5-10(7-17)8-18/h9-10,18H,4-8,16H2,1-3H3.